The largest absolute Gasteiger partial charge is 0.496 e. The lowest BCUT2D eigenvalue weighted by molar-refractivity contribution is 0.176. The average Bonchev–Trinajstić information content (AvgIpc) is 2.43. The van der Waals surface area contributed by atoms with Gasteiger partial charge in [0.25, 0.3) is 0 Å². The van der Waals surface area contributed by atoms with Crippen LogP contribution in [0.25, 0.3) is 0 Å². The van der Waals surface area contributed by atoms with Crippen LogP contribution in [0.3, 0.4) is 0 Å². The van der Waals surface area contributed by atoms with Gasteiger partial charge in [-0.2, -0.15) is 10.2 Å². The quantitative estimate of drug-likeness (QED) is 0.906. The molecule has 0 spiro atoms. The summed E-state index contributed by atoms with van der Waals surface area (Å²) in [4.78, 5) is 4.38. The third-order valence-electron chi connectivity index (χ3n) is 3.13. The van der Waals surface area contributed by atoms with Gasteiger partial charge in [-0.25, -0.2) is 0 Å². The van der Waals surface area contributed by atoms with Crippen molar-refractivity contribution < 1.29 is 9.84 Å². The fraction of sp³-hybridized carbons (Fsp3) is 0.357. The molecule has 0 fully saturated rings. The van der Waals surface area contributed by atoms with Gasteiger partial charge in [-0.05, 0) is 19.9 Å². The Kier molecular flexibility index (Phi) is 4.06. The van der Waals surface area contributed by atoms with Crippen molar-refractivity contribution in [1.29, 1.82) is 0 Å². The zero-order valence-corrected chi connectivity index (χ0v) is 11.3. The van der Waals surface area contributed by atoms with Crippen molar-refractivity contribution in [2.24, 2.45) is 0 Å². The van der Waals surface area contributed by atoms with Crippen LogP contribution < -0.4 is 4.74 Å². The number of methoxy groups -OCH3 is 1. The molecule has 0 saturated heterocycles. The van der Waals surface area contributed by atoms with Gasteiger partial charge in [0, 0.05) is 41.2 Å². The summed E-state index contributed by atoms with van der Waals surface area (Å²) < 4.78 is 5.36. The molecule has 5 nitrogen and oxygen atoms in total. The van der Waals surface area contributed by atoms with Gasteiger partial charge in [-0.1, -0.05) is 0 Å². The van der Waals surface area contributed by atoms with Gasteiger partial charge in [0.05, 0.1) is 19.4 Å². The van der Waals surface area contributed by atoms with E-state index in [4.69, 9.17) is 4.74 Å². The number of hydrogen-bond donors (Lipinski definition) is 1. The molecule has 19 heavy (non-hydrogen) atoms. The van der Waals surface area contributed by atoms with E-state index in [9.17, 15) is 5.11 Å². The van der Waals surface area contributed by atoms with Crippen molar-refractivity contribution in [1.82, 2.24) is 15.2 Å². The predicted octanol–water partition coefficient (Wildman–Crippen LogP) is 1.77. The van der Waals surface area contributed by atoms with Crippen LogP contribution in [0.15, 0.2) is 24.7 Å². The molecule has 2 aromatic rings. The van der Waals surface area contributed by atoms with E-state index in [2.05, 4.69) is 15.2 Å². The first-order valence-electron chi connectivity index (χ1n) is 6.07. The standard InChI is InChI=1S/C14H17N3O2/c1-9-7-15-12(10(2)14(9)19-3)6-13(18)11-4-5-16-17-8-11/h4-5,7-8,13,18H,6H2,1-3H3. The zero-order chi connectivity index (χ0) is 13.8. The highest BCUT2D eigenvalue weighted by molar-refractivity contribution is 5.41. The summed E-state index contributed by atoms with van der Waals surface area (Å²) in [7, 11) is 1.64. The van der Waals surface area contributed by atoms with Gasteiger partial charge >= 0.3 is 0 Å². The summed E-state index contributed by atoms with van der Waals surface area (Å²) in [5.41, 5.74) is 3.51. The lowest BCUT2D eigenvalue weighted by Gasteiger charge is -2.15. The van der Waals surface area contributed by atoms with Gasteiger partial charge in [0.2, 0.25) is 0 Å². The van der Waals surface area contributed by atoms with Gasteiger partial charge in [-0.15, -0.1) is 0 Å². The van der Waals surface area contributed by atoms with E-state index in [1.165, 1.54) is 0 Å². The van der Waals surface area contributed by atoms with E-state index < -0.39 is 6.10 Å². The summed E-state index contributed by atoms with van der Waals surface area (Å²) in [5, 5.41) is 17.6. The van der Waals surface area contributed by atoms with E-state index in [-0.39, 0.29) is 0 Å². The minimum atomic E-state index is -0.644. The Morgan fingerprint density at radius 1 is 1.26 bits per heavy atom. The molecule has 1 unspecified atom stereocenters. The number of aromatic nitrogens is 3. The number of hydrogen-bond acceptors (Lipinski definition) is 5. The van der Waals surface area contributed by atoms with E-state index in [0.29, 0.717) is 6.42 Å². The molecule has 0 aliphatic rings. The maximum atomic E-state index is 10.2. The van der Waals surface area contributed by atoms with Crippen molar-refractivity contribution in [3.05, 3.63) is 47.0 Å². The summed E-state index contributed by atoms with van der Waals surface area (Å²) in [6.07, 6.45) is 4.67. The number of nitrogens with zero attached hydrogens (tertiary/aromatic N) is 3. The predicted molar refractivity (Wildman–Crippen MR) is 71.0 cm³/mol. The second kappa shape index (κ2) is 5.75. The van der Waals surface area contributed by atoms with Crippen LogP contribution >= 0.6 is 0 Å². The zero-order valence-electron chi connectivity index (χ0n) is 11.3. The Morgan fingerprint density at radius 2 is 2.05 bits per heavy atom. The third-order valence-corrected chi connectivity index (χ3v) is 3.13. The van der Waals surface area contributed by atoms with Crippen LogP contribution in [-0.2, 0) is 6.42 Å². The van der Waals surface area contributed by atoms with Gasteiger partial charge in [0.1, 0.15) is 5.75 Å². The number of rotatable bonds is 4. The van der Waals surface area contributed by atoms with Gasteiger partial charge in [0.15, 0.2) is 0 Å². The van der Waals surface area contributed by atoms with Crippen LogP contribution in [0.2, 0.25) is 0 Å². The first kappa shape index (κ1) is 13.4. The number of pyridine rings is 1. The van der Waals surface area contributed by atoms with Crippen LogP contribution in [0.4, 0.5) is 0 Å². The number of aliphatic hydroxyl groups is 1. The summed E-state index contributed by atoms with van der Waals surface area (Å²) in [6, 6.07) is 1.75. The van der Waals surface area contributed by atoms with E-state index in [1.807, 2.05) is 13.8 Å². The molecule has 0 aromatic carbocycles. The summed E-state index contributed by atoms with van der Waals surface area (Å²) in [6.45, 7) is 3.90. The van der Waals surface area contributed by atoms with Crippen molar-refractivity contribution in [3.8, 4) is 5.75 Å². The molecule has 1 N–H and O–H groups in total. The Bertz CT molecular complexity index is 558. The third kappa shape index (κ3) is 2.88. The molecule has 2 heterocycles. The van der Waals surface area contributed by atoms with Crippen molar-refractivity contribution >= 4 is 0 Å². The Hall–Kier alpha value is -2.01. The minimum absolute atomic E-state index is 0.425. The highest BCUT2D eigenvalue weighted by Gasteiger charge is 2.15. The molecule has 0 radical (unpaired) electrons. The molecule has 2 rings (SSSR count). The molecular weight excluding hydrogens is 242 g/mol. The molecule has 0 bridgehead atoms. The van der Waals surface area contributed by atoms with E-state index >= 15 is 0 Å². The Labute approximate surface area is 112 Å². The number of ether oxygens (including phenoxy) is 1. The molecular formula is C14H17N3O2. The van der Waals surface area contributed by atoms with E-state index in [1.54, 1.807) is 31.8 Å². The SMILES string of the molecule is COc1c(C)cnc(CC(O)c2ccnnc2)c1C. The lowest BCUT2D eigenvalue weighted by atomic mass is 10.0. The molecule has 100 valence electrons. The van der Waals surface area contributed by atoms with Crippen molar-refractivity contribution in [2.75, 3.05) is 7.11 Å². The highest BCUT2D eigenvalue weighted by atomic mass is 16.5. The first-order valence-corrected chi connectivity index (χ1v) is 6.07. The van der Waals surface area contributed by atoms with Crippen LogP contribution in [-0.4, -0.2) is 27.4 Å². The normalized spacial score (nSPS) is 12.2. The summed E-state index contributed by atoms with van der Waals surface area (Å²) >= 11 is 0. The molecule has 0 aliphatic heterocycles. The van der Waals surface area contributed by atoms with Gasteiger partial charge in [-0.3, -0.25) is 4.98 Å². The second-order valence-electron chi connectivity index (χ2n) is 4.44. The molecule has 0 amide bonds. The number of aryl methyl sites for hydroxylation is 1. The molecule has 0 aliphatic carbocycles. The maximum Gasteiger partial charge on any atom is 0.128 e. The maximum absolute atomic E-state index is 10.2. The van der Waals surface area contributed by atoms with Crippen molar-refractivity contribution in [3.63, 3.8) is 0 Å². The average molecular weight is 259 g/mol. The molecule has 0 saturated carbocycles. The monoisotopic (exact) mass is 259 g/mol. The minimum Gasteiger partial charge on any atom is -0.496 e. The van der Waals surface area contributed by atoms with Gasteiger partial charge < -0.3 is 9.84 Å². The molecule has 2 aromatic heterocycles. The van der Waals surface area contributed by atoms with E-state index in [0.717, 1.165) is 28.1 Å². The Balaban J connectivity index is 2.25. The van der Waals surface area contributed by atoms with Crippen LogP contribution in [0, 0.1) is 13.8 Å². The van der Waals surface area contributed by atoms with Crippen molar-refractivity contribution in [2.45, 2.75) is 26.4 Å². The molecule has 1 atom stereocenters. The van der Waals surface area contributed by atoms with Crippen LogP contribution in [0.1, 0.15) is 28.5 Å². The second-order valence-corrected chi connectivity index (χ2v) is 4.44. The fourth-order valence-corrected chi connectivity index (χ4v) is 2.08. The lowest BCUT2D eigenvalue weighted by Crippen LogP contribution is -2.07. The number of aliphatic hydroxyl groups excluding tert-OH is 1. The fourth-order valence-electron chi connectivity index (χ4n) is 2.08. The van der Waals surface area contributed by atoms with Crippen LogP contribution in [0.5, 0.6) is 5.75 Å². The first-order chi connectivity index (χ1) is 9.13. The summed E-state index contributed by atoms with van der Waals surface area (Å²) in [5.74, 6) is 0.824. The molecule has 5 heteroatoms. The Morgan fingerprint density at radius 3 is 2.68 bits per heavy atom. The smallest absolute Gasteiger partial charge is 0.128 e. The topological polar surface area (TPSA) is 68.1 Å². The highest BCUT2D eigenvalue weighted by Crippen LogP contribution is 2.26.